The second-order valence-electron chi connectivity index (χ2n) is 12.1. The van der Waals surface area contributed by atoms with Crippen LogP contribution in [0.2, 0.25) is 0 Å². The third-order valence-corrected chi connectivity index (χ3v) is 9.56. The van der Waals surface area contributed by atoms with Crippen LogP contribution in [0.1, 0.15) is 74.4 Å². The second-order valence-corrected chi connectivity index (χ2v) is 12.9. The van der Waals surface area contributed by atoms with E-state index in [1.165, 1.54) is 23.2 Å². The van der Waals surface area contributed by atoms with Crippen LogP contribution in [0, 0.1) is 11.8 Å². The van der Waals surface area contributed by atoms with E-state index < -0.39 is 53.3 Å². The molecule has 2 fully saturated rings. The number of ether oxygens (including phenoxy) is 1. The van der Waals surface area contributed by atoms with Crippen molar-refractivity contribution in [3.63, 3.8) is 0 Å². The molecule has 1 aromatic carbocycles. The summed E-state index contributed by atoms with van der Waals surface area (Å²) in [7, 11) is 0. The van der Waals surface area contributed by atoms with Crippen molar-refractivity contribution in [2.24, 2.45) is 11.8 Å². The van der Waals surface area contributed by atoms with Crippen molar-refractivity contribution in [1.29, 1.82) is 0 Å². The predicted molar refractivity (Wildman–Crippen MR) is 162 cm³/mol. The Morgan fingerprint density at radius 3 is 2.26 bits per heavy atom. The molecular formula is C32H34F6N4O4S. The molecule has 15 heteroatoms. The average Bonchev–Trinajstić information content (AvgIpc) is 3.64. The van der Waals surface area contributed by atoms with Gasteiger partial charge in [-0.05, 0) is 86.6 Å². The zero-order valence-electron chi connectivity index (χ0n) is 25.6. The first-order valence-electron chi connectivity index (χ1n) is 15.3. The highest BCUT2D eigenvalue weighted by molar-refractivity contribution is 7.08. The molecule has 1 amide bonds. The number of carboxylic acids is 1. The minimum Gasteiger partial charge on any atom is -0.481 e. The topological polar surface area (TPSA) is 95.9 Å². The van der Waals surface area contributed by atoms with Crippen LogP contribution in [-0.4, -0.2) is 51.2 Å². The number of amides is 1. The fourth-order valence-corrected chi connectivity index (χ4v) is 7.00. The zero-order chi connectivity index (χ0) is 34.1. The first-order valence-corrected chi connectivity index (χ1v) is 16.2. The van der Waals surface area contributed by atoms with Crippen LogP contribution in [0.15, 0.2) is 41.2 Å². The number of carbonyl (C=O) groups is 2. The highest BCUT2D eigenvalue weighted by atomic mass is 32.1. The number of halogens is 6. The number of carbonyl (C=O) groups excluding carboxylic acids is 1. The smallest absolute Gasteiger partial charge is 0.416 e. The molecule has 47 heavy (non-hydrogen) atoms. The van der Waals surface area contributed by atoms with Crippen LogP contribution >= 0.6 is 11.3 Å². The summed E-state index contributed by atoms with van der Waals surface area (Å²) in [6.07, 6.45) is -7.33. The molecule has 2 atom stereocenters. The molecule has 1 aliphatic carbocycles. The van der Waals surface area contributed by atoms with Gasteiger partial charge in [-0.3, -0.25) is 9.69 Å². The maximum Gasteiger partial charge on any atom is 0.416 e. The van der Waals surface area contributed by atoms with E-state index in [1.807, 2.05) is 28.7 Å². The highest BCUT2D eigenvalue weighted by Gasteiger charge is 2.44. The van der Waals surface area contributed by atoms with Crippen molar-refractivity contribution in [2.75, 3.05) is 18.0 Å². The SMILES string of the molecule is CCN(CC1CCC(CC(=O)O)CC1)c1ncc(-c2ccsc2)nc1CN1C(=O)OC(c2cc(C(F)(F)F)cc(C(F)(F)F)c2)[C@@H]1C. The van der Waals surface area contributed by atoms with Gasteiger partial charge in [0.25, 0.3) is 0 Å². The van der Waals surface area contributed by atoms with E-state index >= 15 is 0 Å². The normalized spacial score (nSPS) is 22.0. The molecule has 1 unspecified atom stereocenters. The molecule has 1 aliphatic heterocycles. The van der Waals surface area contributed by atoms with Gasteiger partial charge >= 0.3 is 24.4 Å². The number of hydrogen-bond acceptors (Lipinski definition) is 7. The third kappa shape index (κ3) is 7.99. The van der Waals surface area contributed by atoms with E-state index in [2.05, 4.69) is 0 Å². The van der Waals surface area contributed by atoms with E-state index in [-0.39, 0.29) is 30.9 Å². The van der Waals surface area contributed by atoms with Gasteiger partial charge in [0.05, 0.1) is 35.6 Å². The Balaban J connectivity index is 1.43. The highest BCUT2D eigenvalue weighted by Crippen LogP contribution is 2.41. The Hall–Kier alpha value is -3.88. The number of benzene rings is 1. The fourth-order valence-electron chi connectivity index (χ4n) is 6.35. The molecule has 8 nitrogen and oxygen atoms in total. The Morgan fingerprint density at radius 1 is 1.06 bits per heavy atom. The third-order valence-electron chi connectivity index (χ3n) is 8.88. The average molecular weight is 685 g/mol. The Morgan fingerprint density at radius 2 is 1.70 bits per heavy atom. The van der Waals surface area contributed by atoms with Gasteiger partial charge in [-0.2, -0.15) is 37.7 Å². The maximum atomic E-state index is 13.6. The monoisotopic (exact) mass is 684 g/mol. The summed E-state index contributed by atoms with van der Waals surface area (Å²) in [5.41, 5.74) is -1.65. The second kappa shape index (κ2) is 13.7. The van der Waals surface area contributed by atoms with Crippen molar-refractivity contribution >= 4 is 29.2 Å². The number of thiophene rings is 1. The van der Waals surface area contributed by atoms with Crippen LogP contribution in [0.4, 0.5) is 37.0 Å². The van der Waals surface area contributed by atoms with Gasteiger partial charge in [-0.1, -0.05) is 0 Å². The van der Waals surface area contributed by atoms with Gasteiger partial charge in [-0.15, -0.1) is 0 Å². The summed E-state index contributed by atoms with van der Waals surface area (Å²) >= 11 is 1.46. The van der Waals surface area contributed by atoms with Gasteiger partial charge in [0, 0.05) is 30.5 Å². The Labute approximate surface area is 271 Å². The predicted octanol–water partition coefficient (Wildman–Crippen LogP) is 8.43. The molecule has 2 aliphatic rings. The molecule has 1 N–H and O–H groups in total. The van der Waals surface area contributed by atoms with Gasteiger partial charge in [0.15, 0.2) is 5.82 Å². The van der Waals surface area contributed by atoms with Gasteiger partial charge < -0.3 is 14.7 Å². The lowest BCUT2D eigenvalue weighted by molar-refractivity contribution is -0.143. The van der Waals surface area contributed by atoms with Crippen LogP contribution in [0.5, 0.6) is 0 Å². The van der Waals surface area contributed by atoms with Crippen molar-refractivity contribution in [3.8, 4) is 11.3 Å². The lowest BCUT2D eigenvalue weighted by Crippen LogP contribution is -2.36. The number of carboxylic acid groups (broad SMARTS) is 1. The largest absolute Gasteiger partial charge is 0.481 e. The molecule has 1 saturated heterocycles. The summed E-state index contributed by atoms with van der Waals surface area (Å²) in [5, 5.41) is 12.9. The molecule has 5 rings (SSSR count). The first kappa shape index (κ1) is 34.5. The Bertz CT molecular complexity index is 1540. The standard InChI is InChI=1S/C32H34F6N4O4S/c1-3-41(15-20-6-4-19(5-7-20)10-27(43)44)29-26(40-25(14-39-29)21-8-9-47-17-21)16-42-18(2)28(46-30(42)45)22-11-23(31(33,34)35)13-24(12-22)32(36,37)38/h8-9,11-14,17-20,28H,3-7,10,15-16H2,1-2H3,(H,43,44)/t18-,19?,20?,28?/m0/s1. The Kier molecular flexibility index (Phi) is 10.0. The van der Waals surface area contributed by atoms with E-state index in [0.717, 1.165) is 31.2 Å². The number of anilines is 1. The van der Waals surface area contributed by atoms with Crippen molar-refractivity contribution in [1.82, 2.24) is 14.9 Å². The summed E-state index contributed by atoms with van der Waals surface area (Å²) in [4.78, 5) is 37.2. The first-order chi connectivity index (χ1) is 22.1. The summed E-state index contributed by atoms with van der Waals surface area (Å²) < 4.78 is 86.9. The van der Waals surface area contributed by atoms with Crippen molar-refractivity contribution in [3.05, 3.63) is 63.6 Å². The number of aliphatic carboxylic acids is 1. The molecule has 2 aromatic heterocycles. The van der Waals surface area contributed by atoms with Crippen LogP contribution in [-0.2, 0) is 28.4 Å². The number of cyclic esters (lactones) is 1. The quantitative estimate of drug-likeness (QED) is 0.214. The number of nitrogens with zero attached hydrogens (tertiary/aromatic N) is 4. The summed E-state index contributed by atoms with van der Waals surface area (Å²) in [5.74, 6) is 0.106. The maximum absolute atomic E-state index is 13.6. The summed E-state index contributed by atoms with van der Waals surface area (Å²) in [6, 6.07) is 2.13. The number of aromatic nitrogens is 2. The lowest BCUT2D eigenvalue weighted by atomic mass is 9.80. The van der Waals surface area contributed by atoms with E-state index in [9.17, 15) is 35.9 Å². The van der Waals surface area contributed by atoms with Crippen molar-refractivity contribution in [2.45, 2.75) is 77.0 Å². The fraction of sp³-hybridized carbons (Fsp3) is 0.500. The van der Waals surface area contributed by atoms with Gasteiger partial charge in [0.1, 0.15) is 11.8 Å². The van der Waals surface area contributed by atoms with Crippen LogP contribution in [0.25, 0.3) is 11.3 Å². The molecule has 0 radical (unpaired) electrons. The number of alkyl halides is 6. The number of rotatable bonds is 10. The van der Waals surface area contributed by atoms with E-state index in [4.69, 9.17) is 19.8 Å². The van der Waals surface area contributed by atoms with Crippen LogP contribution < -0.4 is 4.90 Å². The lowest BCUT2D eigenvalue weighted by Gasteiger charge is -2.33. The van der Waals surface area contributed by atoms with E-state index in [0.29, 0.717) is 42.4 Å². The molecular weight excluding hydrogens is 650 g/mol. The molecule has 0 spiro atoms. The molecule has 3 heterocycles. The molecule has 0 bridgehead atoms. The molecule has 254 valence electrons. The minimum atomic E-state index is -5.05. The summed E-state index contributed by atoms with van der Waals surface area (Å²) in [6.45, 7) is 4.46. The van der Waals surface area contributed by atoms with Crippen molar-refractivity contribution < 1.29 is 45.8 Å². The molecule has 1 saturated carbocycles. The zero-order valence-corrected chi connectivity index (χ0v) is 26.5. The van der Waals surface area contributed by atoms with Gasteiger partial charge in [0.2, 0.25) is 0 Å². The van der Waals surface area contributed by atoms with Gasteiger partial charge in [-0.25, -0.2) is 14.8 Å². The van der Waals surface area contributed by atoms with Crippen LogP contribution in [0.3, 0.4) is 0 Å². The minimum absolute atomic E-state index is 0.0401. The number of hydrogen-bond donors (Lipinski definition) is 1. The van der Waals surface area contributed by atoms with E-state index in [1.54, 1.807) is 6.20 Å². The molecule has 3 aromatic rings.